The van der Waals surface area contributed by atoms with Crippen molar-refractivity contribution >= 4 is 28.0 Å². The standard InChI is InChI=1S/C10H8BrFO2/c1-14-10(13)5-2-7-6-8(11)3-4-9(7)12/h2-6H,1H3. The minimum Gasteiger partial charge on any atom is -0.466 e. The Balaban J connectivity index is 2.90. The van der Waals surface area contributed by atoms with E-state index in [1.165, 1.54) is 25.3 Å². The van der Waals surface area contributed by atoms with E-state index >= 15 is 0 Å². The zero-order chi connectivity index (χ0) is 10.6. The predicted octanol–water partition coefficient (Wildman–Crippen LogP) is 2.77. The normalized spacial score (nSPS) is 10.5. The molecule has 0 saturated carbocycles. The molecule has 0 spiro atoms. The average molecular weight is 259 g/mol. The van der Waals surface area contributed by atoms with Crippen LogP contribution in [0.1, 0.15) is 5.56 Å². The summed E-state index contributed by atoms with van der Waals surface area (Å²) in [5.74, 6) is -0.891. The second-order valence-corrected chi connectivity index (χ2v) is 3.44. The highest BCUT2D eigenvalue weighted by molar-refractivity contribution is 9.10. The van der Waals surface area contributed by atoms with Gasteiger partial charge in [-0.25, -0.2) is 9.18 Å². The summed E-state index contributed by atoms with van der Waals surface area (Å²) < 4.78 is 18.2. The van der Waals surface area contributed by atoms with E-state index in [0.717, 1.165) is 4.47 Å². The highest BCUT2D eigenvalue weighted by atomic mass is 79.9. The van der Waals surface area contributed by atoms with Gasteiger partial charge in [-0.15, -0.1) is 0 Å². The first-order valence-corrected chi connectivity index (χ1v) is 4.64. The zero-order valence-corrected chi connectivity index (χ0v) is 9.05. The number of halogens is 2. The van der Waals surface area contributed by atoms with E-state index in [1.807, 2.05) is 0 Å². The average Bonchev–Trinajstić information content (AvgIpc) is 2.19. The van der Waals surface area contributed by atoms with Gasteiger partial charge in [-0.3, -0.25) is 0 Å². The number of hydrogen-bond donors (Lipinski definition) is 0. The van der Waals surface area contributed by atoms with Crippen molar-refractivity contribution in [1.82, 2.24) is 0 Å². The monoisotopic (exact) mass is 258 g/mol. The molecule has 14 heavy (non-hydrogen) atoms. The van der Waals surface area contributed by atoms with Crippen molar-refractivity contribution in [2.24, 2.45) is 0 Å². The van der Waals surface area contributed by atoms with Crippen molar-refractivity contribution < 1.29 is 13.9 Å². The van der Waals surface area contributed by atoms with E-state index in [9.17, 15) is 9.18 Å². The van der Waals surface area contributed by atoms with E-state index in [1.54, 1.807) is 12.1 Å². The molecule has 0 heterocycles. The SMILES string of the molecule is COC(=O)C=Cc1cc(Br)ccc1F. The number of carbonyl (C=O) groups is 1. The molecule has 74 valence electrons. The molecule has 0 N–H and O–H groups in total. The van der Waals surface area contributed by atoms with Crippen LogP contribution in [0.4, 0.5) is 4.39 Å². The van der Waals surface area contributed by atoms with Gasteiger partial charge in [0, 0.05) is 16.1 Å². The molecule has 0 aliphatic carbocycles. The predicted molar refractivity (Wildman–Crippen MR) is 55.2 cm³/mol. The Hall–Kier alpha value is -1.16. The maximum absolute atomic E-state index is 13.1. The molecule has 0 bridgehead atoms. The lowest BCUT2D eigenvalue weighted by Crippen LogP contribution is -1.93. The molecule has 0 unspecified atom stereocenters. The Morgan fingerprint density at radius 2 is 2.29 bits per heavy atom. The van der Waals surface area contributed by atoms with Gasteiger partial charge in [0.15, 0.2) is 0 Å². The molecule has 2 nitrogen and oxygen atoms in total. The molecular formula is C10H8BrFO2. The van der Waals surface area contributed by atoms with Crippen LogP contribution in [-0.4, -0.2) is 13.1 Å². The Morgan fingerprint density at radius 1 is 1.57 bits per heavy atom. The van der Waals surface area contributed by atoms with Crippen molar-refractivity contribution in [1.29, 1.82) is 0 Å². The molecule has 1 aromatic carbocycles. The van der Waals surface area contributed by atoms with Crippen LogP contribution < -0.4 is 0 Å². The van der Waals surface area contributed by atoms with E-state index in [2.05, 4.69) is 20.7 Å². The summed E-state index contributed by atoms with van der Waals surface area (Å²) in [5.41, 5.74) is 0.338. The van der Waals surface area contributed by atoms with Gasteiger partial charge in [-0.2, -0.15) is 0 Å². The number of methoxy groups -OCH3 is 1. The topological polar surface area (TPSA) is 26.3 Å². The summed E-state index contributed by atoms with van der Waals surface area (Å²) >= 11 is 3.20. The largest absolute Gasteiger partial charge is 0.466 e. The van der Waals surface area contributed by atoms with E-state index in [-0.39, 0.29) is 5.82 Å². The van der Waals surface area contributed by atoms with Crippen LogP contribution in [0.25, 0.3) is 6.08 Å². The lowest BCUT2D eigenvalue weighted by atomic mass is 10.2. The number of benzene rings is 1. The fourth-order valence-electron chi connectivity index (χ4n) is 0.868. The van der Waals surface area contributed by atoms with Crippen LogP contribution in [-0.2, 0) is 9.53 Å². The Morgan fingerprint density at radius 3 is 2.93 bits per heavy atom. The van der Waals surface area contributed by atoms with Gasteiger partial charge in [0.1, 0.15) is 5.82 Å². The Kier molecular flexibility index (Phi) is 3.83. The van der Waals surface area contributed by atoms with Crippen molar-refractivity contribution in [2.75, 3.05) is 7.11 Å². The van der Waals surface area contributed by atoms with Crippen molar-refractivity contribution in [2.45, 2.75) is 0 Å². The van der Waals surface area contributed by atoms with Crippen molar-refractivity contribution in [3.8, 4) is 0 Å². The number of carbonyl (C=O) groups excluding carboxylic acids is 1. The number of hydrogen-bond acceptors (Lipinski definition) is 2. The Bertz CT molecular complexity index is 374. The molecule has 0 radical (unpaired) electrons. The van der Waals surface area contributed by atoms with Crippen LogP contribution >= 0.6 is 15.9 Å². The van der Waals surface area contributed by atoms with Crippen molar-refractivity contribution in [3.05, 3.63) is 40.1 Å². The second-order valence-electron chi connectivity index (χ2n) is 2.52. The maximum Gasteiger partial charge on any atom is 0.330 e. The van der Waals surface area contributed by atoms with Crippen LogP contribution in [0, 0.1) is 5.82 Å². The van der Waals surface area contributed by atoms with Crippen LogP contribution in [0.5, 0.6) is 0 Å². The first kappa shape index (κ1) is 10.9. The minimum atomic E-state index is -0.510. The fraction of sp³-hybridized carbons (Fsp3) is 0.100. The first-order valence-electron chi connectivity index (χ1n) is 3.84. The molecular weight excluding hydrogens is 251 g/mol. The summed E-state index contributed by atoms with van der Waals surface area (Å²) in [5, 5.41) is 0. The highest BCUT2D eigenvalue weighted by Crippen LogP contribution is 2.16. The minimum absolute atomic E-state index is 0.338. The van der Waals surface area contributed by atoms with Gasteiger partial charge >= 0.3 is 5.97 Å². The molecule has 0 atom stereocenters. The zero-order valence-electron chi connectivity index (χ0n) is 7.46. The molecule has 0 fully saturated rings. The summed E-state index contributed by atoms with van der Waals surface area (Å²) in [7, 11) is 1.27. The fourth-order valence-corrected chi connectivity index (χ4v) is 1.25. The van der Waals surface area contributed by atoms with E-state index in [0.29, 0.717) is 5.56 Å². The third-order valence-electron chi connectivity index (χ3n) is 1.56. The van der Waals surface area contributed by atoms with Crippen LogP contribution in [0.3, 0.4) is 0 Å². The van der Waals surface area contributed by atoms with Crippen LogP contribution in [0.15, 0.2) is 28.7 Å². The van der Waals surface area contributed by atoms with Gasteiger partial charge in [0.25, 0.3) is 0 Å². The second kappa shape index (κ2) is 4.91. The maximum atomic E-state index is 13.1. The smallest absolute Gasteiger partial charge is 0.330 e. The number of rotatable bonds is 2. The summed E-state index contributed by atoms with van der Waals surface area (Å²) in [4.78, 5) is 10.7. The molecule has 0 aliphatic rings. The lowest BCUT2D eigenvalue weighted by molar-refractivity contribution is -0.134. The highest BCUT2D eigenvalue weighted by Gasteiger charge is 1.99. The molecule has 4 heteroatoms. The quantitative estimate of drug-likeness (QED) is 0.603. The van der Waals surface area contributed by atoms with Gasteiger partial charge < -0.3 is 4.74 Å². The third-order valence-corrected chi connectivity index (χ3v) is 2.05. The van der Waals surface area contributed by atoms with Gasteiger partial charge in [0.05, 0.1) is 7.11 Å². The molecule has 1 aromatic rings. The molecule has 0 saturated heterocycles. The molecule has 1 rings (SSSR count). The van der Waals surface area contributed by atoms with Gasteiger partial charge in [-0.05, 0) is 24.3 Å². The van der Waals surface area contributed by atoms with Gasteiger partial charge in [0.2, 0.25) is 0 Å². The van der Waals surface area contributed by atoms with E-state index in [4.69, 9.17) is 0 Å². The van der Waals surface area contributed by atoms with Crippen LogP contribution in [0.2, 0.25) is 0 Å². The Labute approximate surface area is 89.5 Å². The lowest BCUT2D eigenvalue weighted by Gasteiger charge is -1.97. The number of ether oxygens (including phenoxy) is 1. The van der Waals surface area contributed by atoms with Gasteiger partial charge in [-0.1, -0.05) is 15.9 Å². The summed E-state index contributed by atoms with van der Waals surface area (Å²) in [6.45, 7) is 0. The molecule has 0 aliphatic heterocycles. The molecule has 0 amide bonds. The first-order chi connectivity index (χ1) is 6.63. The van der Waals surface area contributed by atoms with E-state index < -0.39 is 5.97 Å². The summed E-state index contributed by atoms with van der Waals surface area (Å²) in [6, 6.07) is 4.49. The third kappa shape index (κ3) is 2.96. The number of esters is 1. The molecule has 0 aromatic heterocycles. The summed E-state index contributed by atoms with van der Waals surface area (Å²) in [6.07, 6.45) is 2.54. The van der Waals surface area contributed by atoms with Crippen molar-refractivity contribution in [3.63, 3.8) is 0 Å².